The summed E-state index contributed by atoms with van der Waals surface area (Å²) in [6.45, 7) is 10.1. The number of hydrogen-bond donors (Lipinski definition) is 1. The van der Waals surface area contributed by atoms with Gasteiger partial charge in [0.25, 0.3) is 5.56 Å². The Bertz CT molecular complexity index is 1720. The van der Waals surface area contributed by atoms with Gasteiger partial charge >= 0.3 is 0 Å². The summed E-state index contributed by atoms with van der Waals surface area (Å²) >= 11 is 8.46. The van der Waals surface area contributed by atoms with Crippen molar-refractivity contribution in [1.82, 2.24) is 19.4 Å². The molecule has 2 aliphatic rings. The van der Waals surface area contributed by atoms with Crippen LogP contribution in [0.25, 0.3) is 22.2 Å². The monoisotopic (exact) mass is 598 g/mol. The zero-order valence-corrected chi connectivity index (χ0v) is 25.8. The molecule has 42 heavy (non-hydrogen) atoms. The first-order valence-electron chi connectivity index (χ1n) is 14.6. The number of aryl methyl sites for hydroxylation is 1. The highest BCUT2D eigenvalue weighted by Gasteiger charge is 2.20. The van der Waals surface area contributed by atoms with Crippen LogP contribution in [-0.4, -0.2) is 44.1 Å². The van der Waals surface area contributed by atoms with E-state index in [2.05, 4.69) is 57.5 Å². The molecule has 1 fully saturated rings. The van der Waals surface area contributed by atoms with Crippen molar-refractivity contribution in [2.24, 2.45) is 4.99 Å². The molecule has 4 aromatic rings. The van der Waals surface area contributed by atoms with E-state index in [1.54, 1.807) is 22.5 Å². The lowest BCUT2D eigenvalue weighted by molar-refractivity contribution is 0.222. The molecule has 0 radical (unpaired) electrons. The molecular weight excluding hydrogens is 564 g/mol. The molecule has 6 rings (SSSR count). The lowest BCUT2D eigenvalue weighted by Crippen LogP contribution is -2.32. The number of piperidine rings is 1. The Morgan fingerprint density at radius 3 is 2.45 bits per heavy atom. The zero-order valence-electron chi connectivity index (χ0n) is 24.2. The van der Waals surface area contributed by atoms with Gasteiger partial charge in [0.15, 0.2) is 0 Å². The number of nitrogens with one attached hydrogen (secondary N) is 1. The van der Waals surface area contributed by atoms with Crippen molar-refractivity contribution >= 4 is 51.1 Å². The summed E-state index contributed by atoms with van der Waals surface area (Å²) in [5.74, 6) is 1.07. The van der Waals surface area contributed by atoms with Gasteiger partial charge < -0.3 is 10.2 Å². The Hall–Kier alpha value is -3.46. The van der Waals surface area contributed by atoms with E-state index in [1.165, 1.54) is 18.4 Å². The number of likely N-dealkylation sites (tertiary alicyclic amines) is 1. The van der Waals surface area contributed by atoms with Crippen molar-refractivity contribution in [3.63, 3.8) is 0 Å². The van der Waals surface area contributed by atoms with E-state index >= 15 is 0 Å². The van der Waals surface area contributed by atoms with Crippen molar-refractivity contribution in [2.45, 2.75) is 51.3 Å². The average Bonchev–Trinajstić information content (AvgIpc) is 3.01. The molecule has 216 valence electrons. The van der Waals surface area contributed by atoms with Crippen LogP contribution in [0.2, 0.25) is 5.02 Å². The third-order valence-electron chi connectivity index (χ3n) is 8.24. The second kappa shape index (κ2) is 12.4. The molecule has 0 aliphatic carbocycles. The van der Waals surface area contributed by atoms with Crippen LogP contribution >= 0.6 is 23.4 Å². The third kappa shape index (κ3) is 5.89. The smallest absolute Gasteiger partial charge is 0.260 e. The molecule has 2 aliphatic heterocycles. The molecule has 1 atom stereocenters. The molecule has 7 nitrogen and oxygen atoms in total. The van der Waals surface area contributed by atoms with Gasteiger partial charge in [-0.15, -0.1) is 0 Å². The molecule has 1 unspecified atom stereocenters. The fourth-order valence-electron chi connectivity index (χ4n) is 5.84. The topological polar surface area (TPSA) is 75.4 Å². The van der Waals surface area contributed by atoms with E-state index in [4.69, 9.17) is 16.6 Å². The Balaban J connectivity index is 1.24. The highest BCUT2D eigenvalue weighted by Crippen LogP contribution is 2.37. The van der Waals surface area contributed by atoms with Gasteiger partial charge in [-0.3, -0.25) is 14.4 Å². The maximum atomic E-state index is 13.7. The molecule has 1 saturated heterocycles. The largest absolute Gasteiger partial charge is 0.324 e. The number of halogens is 1. The second-order valence-electron chi connectivity index (χ2n) is 10.8. The number of aliphatic imine (C=N–C) groups is 1. The van der Waals surface area contributed by atoms with Crippen LogP contribution in [0, 0.1) is 0 Å². The molecule has 2 aromatic carbocycles. The van der Waals surface area contributed by atoms with Gasteiger partial charge in [0.1, 0.15) is 5.65 Å². The molecule has 9 heteroatoms. The number of fused-ring (bicyclic) bond motifs is 1. The number of aromatic nitrogens is 3. The summed E-state index contributed by atoms with van der Waals surface area (Å²) in [6, 6.07) is 16.3. The van der Waals surface area contributed by atoms with E-state index in [0.29, 0.717) is 40.2 Å². The standard InChI is InChI=1S/C33H35ClN6OS/c1-4-39-16-13-23(14-17-39)22-6-9-26(10-7-22)37-33-36-20-25-18-28(32(41)40(5-2)31(25)38-33)27-11-8-24(19-29(27)34)30-12-15-35-21(3)42-30/h6-12,15,18-20,23,30H,4-5,13-14,16-17H2,1-3H3,(H,36,37,38). The Labute approximate surface area is 255 Å². The lowest BCUT2D eigenvalue weighted by Gasteiger charge is -2.31. The summed E-state index contributed by atoms with van der Waals surface area (Å²) in [6.07, 6.45) is 8.05. The predicted octanol–water partition coefficient (Wildman–Crippen LogP) is 7.79. The Morgan fingerprint density at radius 2 is 1.76 bits per heavy atom. The molecule has 1 N–H and O–H groups in total. The molecule has 0 amide bonds. The summed E-state index contributed by atoms with van der Waals surface area (Å²) in [7, 11) is 0. The van der Waals surface area contributed by atoms with E-state index in [9.17, 15) is 4.79 Å². The summed E-state index contributed by atoms with van der Waals surface area (Å²) in [4.78, 5) is 29.8. The van der Waals surface area contributed by atoms with Gasteiger partial charge in [0.05, 0.1) is 10.3 Å². The van der Waals surface area contributed by atoms with E-state index in [0.717, 1.165) is 41.3 Å². The molecule has 0 bridgehead atoms. The fraction of sp³-hybridized carbons (Fsp3) is 0.333. The number of thioether (sulfide) groups is 1. The van der Waals surface area contributed by atoms with Gasteiger partial charge in [0.2, 0.25) is 5.95 Å². The maximum Gasteiger partial charge on any atom is 0.260 e. The normalized spacial score (nSPS) is 17.9. The zero-order chi connectivity index (χ0) is 29.2. The average molecular weight is 599 g/mol. The van der Waals surface area contributed by atoms with Gasteiger partial charge in [0, 0.05) is 46.2 Å². The minimum absolute atomic E-state index is 0.127. The second-order valence-corrected chi connectivity index (χ2v) is 12.5. The third-order valence-corrected chi connectivity index (χ3v) is 9.69. The van der Waals surface area contributed by atoms with E-state index in [1.807, 2.05) is 44.3 Å². The molecular formula is C33H35ClN6OS. The van der Waals surface area contributed by atoms with E-state index < -0.39 is 0 Å². The van der Waals surface area contributed by atoms with Crippen molar-refractivity contribution < 1.29 is 0 Å². The van der Waals surface area contributed by atoms with Gasteiger partial charge in [-0.05, 0) is 93.7 Å². The first-order chi connectivity index (χ1) is 20.4. The highest BCUT2D eigenvalue weighted by atomic mass is 35.5. The van der Waals surface area contributed by atoms with Crippen LogP contribution in [-0.2, 0) is 6.54 Å². The van der Waals surface area contributed by atoms with Crippen LogP contribution in [0.4, 0.5) is 11.6 Å². The minimum atomic E-state index is -0.127. The summed E-state index contributed by atoms with van der Waals surface area (Å²) < 4.78 is 1.69. The highest BCUT2D eigenvalue weighted by molar-refractivity contribution is 8.14. The van der Waals surface area contributed by atoms with E-state index in [-0.39, 0.29) is 10.8 Å². The molecule has 0 spiro atoms. The Kier molecular flexibility index (Phi) is 8.47. The number of anilines is 2. The first kappa shape index (κ1) is 28.6. The van der Waals surface area contributed by atoms with Crippen LogP contribution in [0.5, 0.6) is 0 Å². The quantitative estimate of drug-likeness (QED) is 0.234. The SMILES string of the molecule is CCN1CCC(c2ccc(Nc3ncc4cc(-c5ccc(C6C=CN=C(C)S6)cc5Cl)c(=O)n(CC)c4n3)cc2)CC1. The van der Waals surface area contributed by atoms with Crippen LogP contribution in [0.15, 0.2) is 76.8 Å². The fourth-order valence-corrected chi connectivity index (χ4v) is 7.05. The van der Waals surface area contributed by atoms with Gasteiger partial charge in [-0.1, -0.05) is 54.6 Å². The molecule has 4 heterocycles. The molecule has 2 aromatic heterocycles. The summed E-state index contributed by atoms with van der Waals surface area (Å²) in [5.41, 5.74) is 5.08. The van der Waals surface area contributed by atoms with Crippen molar-refractivity contribution in [1.29, 1.82) is 0 Å². The van der Waals surface area contributed by atoms with Crippen LogP contribution in [0.3, 0.4) is 0 Å². The number of rotatable bonds is 7. The minimum Gasteiger partial charge on any atom is -0.324 e. The van der Waals surface area contributed by atoms with Gasteiger partial charge in [-0.25, -0.2) is 4.98 Å². The predicted molar refractivity (Wildman–Crippen MR) is 176 cm³/mol. The number of hydrogen-bond acceptors (Lipinski definition) is 7. The van der Waals surface area contributed by atoms with Crippen LogP contribution < -0.4 is 10.9 Å². The van der Waals surface area contributed by atoms with Crippen molar-refractivity contribution in [3.8, 4) is 11.1 Å². The number of pyridine rings is 1. The van der Waals surface area contributed by atoms with Crippen molar-refractivity contribution in [3.05, 3.63) is 93.5 Å². The number of benzene rings is 2. The summed E-state index contributed by atoms with van der Waals surface area (Å²) in [5, 5.41) is 5.81. The number of nitrogens with zero attached hydrogens (tertiary/aromatic N) is 5. The Morgan fingerprint density at radius 1 is 1.00 bits per heavy atom. The maximum absolute atomic E-state index is 13.7. The van der Waals surface area contributed by atoms with Crippen LogP contribution in [0.1, 0.15) is 55.9 Å². The molecule has 0 saturated carbocycles. The van der Waals surface area contributed by atoms with Gasteiger partial charge in [-0.2, -0.15) is 4.98 Å². The first-order valence-corrected chi connectivity index (χ1v) is 15.9. The van der Waals surface area contributed by atoms with Crippen molar-refractivity contribution in [2.75, 3.05) is 25.0 Å². The lowest BCUT2D eigenvalue weighted by atomic mass is 9.89.